The van der Waals surface area contributed by atoms with Crippen LogP contribution in [0.1, 0.15) is 16.7 Å². The Kier molecular flexibility index (Phi) is 3.06. The molecule has 3 rings (SSSR count). The number of benzene rings is 2. The van der Waals surface area contributed by atoms with Gasteiger partial charge in [0.15, 0.2) is 5.78 Å². The molecular formula is C16H13FN2O. The van der Waals surface area contributed by atoms with Gasteiger partial charge in [-0.25, -0.2) is 4.39 Å². The summed E-state index contributed by atoms with van der Waals surface area (Å²) in [6.45, 7) is 0.0677. The molecule has 0 aromatic heterocycles. The molecule has 2 aromatic carbocycles. The Morgan fingerprint density at radius 1 is 1.10 bits per heavy atom. The zero-order chi connectivity index (χ0) is 14.1. The summed E-state index contributed by atoms with van der Waals surface area (Å²) < 4.78 is 14.0. The fourth-order valence-electron chi connectivity index (χ4n) is 2.37. The lowest BCUT2D eigenvalue weighted by atomic mass is 9.95. The molecule has 1 heterocycles. The van der Waals surface area contributed by atoms with Gasteiger partial charge in [0.25, 0.3) is 0 Å². The molecule has 0 saturated heterocycles. The third-order valence-electron chi connectivity index (χ3n) is 3.32. The molecule has 0 atom stereocenters. The largest absolute Gasteiger partial charge is 0.399 e. The van der Waals surface area contributed by atoms with Crippen LogP contribution in [-0.2, 0) is 11.2 Å². The zero-order valence-corrected chi connectivity index (χ0v) is 10.8. The van der Waals surface area contributed by atoms with Crippen molar-refractivity contribution >= 4 is 17.2 Å². The van der Waals surface area contributed by atoms with Gasteiger partial charge in [0.1, 0.15) is 5.82 Å². The number of nitrogens with zero attached hydrogens (tertiary/aromatic N) is 1. The lowest BCUT2D eigenvalue weighted by molar-refractivity contribution is -0.117. The van der Waals surface area contributed by atoms with Crippen LogP contribution in [0.15, 0.2) is 47.5 Å². The molecular weight excluding hydrogens is 255 g/mol. The van der Waals surface area contributed by atoms with E-state index in [9.17, 15) is 9.18 Å². The maximum Gasteiger partial charge on any atom is 0.158 e. The number of Topliss-reactive ketones (excluding diaryl/α,β-unsaturated/α-hetero) is 1. The van der Waals surface area contributed by atoms with Crippen LogP contribution in [0, 0.1) is 5.82 Å². The summed E-state index contributed by atoms with van der Waals surface area (Å²) in [5.74, 6) is -0.337. The molecule has 1 aliphatic rings. The molecule has 0 spiro atoms. The summed E-state index contributed by atoms with van der Waals surface area (Å²) in [6, 6.07) is 11.7. The number of nitrogen functional groups attached to an aromatic ring is 1. The maximum absolute atomic E-state index is 14.0. The van der Waals surface area contributed by atoms with Gasteiger partial charge < -0.3 is 5.73 Å². The second kappa shape index (κ2) is 4.89. The minimum atomic E-state index is -0.353. The number of anilines is 1. The summed E-state index contributed by atoms with van der Waals surface area (Å²) >= 11 is 0. The lowest BCUT2D eigenvalue weighted by Gasteiger charge is -2.11. The molecule has 0 bridgehead atoms. The Morgan fingerprint density at radius 2 is 1.90 bits per heavy atom. The lowest BCUT2D eigenvalue weighted by Crippen LogP contribution is -2.08. The van der Waals surface area contributed by atoms with E-state index in [-0.39, 0.29) is 18.1 Å². The fourth-order valence-corrected chi connectivity index (χ4v) is 2.37. The summed E-state index contributed by atoms with van der Waals surface area (Å²) in [4.78, 5) is 16.0. The average molecular weight is 268 g/mol. The topological polar surface area (TPSA) is 55.4 Å². The van der Waals surface area contributed by atoms with E-state index in [1.807, 2.05) is 6.07 Å². The van der Waals surface area contributed by atoms with Crippen LogP contribution in [0.25, 0.3) is 0 Å². The average Bonchev–Trinajstić information content (AvgIpc) is 2.58. The highest BCUT2D eigenvalue weighted by Crippen LogP contribution is 2.23. The molecule has 2 N–H and O–H groups in total. The highest BCUT2D eigenvalue weighted by molar-refractivity contribution is 6.16. The zero-order valence-electron chi connectivity index (χ0n) is 10.8. The van der Waals surface area contributed by atoms with Crippen LogP contribution in [0.5, 0.6) is 0 Å². The highest BCUT2D eigenvalue weighted by atomic mass is 19.1. The number of fused-ring (bicyclic) bond motifs is 1. The number of carbonyl (C=O) groups is 1. The first-order valence-corrected chi connectivity index (χ1v) is 6.35. The van der Waals surface area contributed by atoms with Gasteiger partial charge in [-0.15, -0.1) is 0 Å². The van der Waals surface area contributed by atoms with Gasteiger partial charge in [0.05, 0.1) is 12.3 Å². The van der Waals surface area contributed by atoms with Crippen LogP contribution in [0.2, 0.25) is 0 Å². The van der Waals surface area contributed by atoms with Crippen molar-refractivity contribution in [2.24, 2.45) is 4.99 Å². The van der Waals surface area contributed by atoms with Crippen molar-refractivity contribution in [3.8, 4) is 0 Å². The van der Waals surface area contributed by atoms with Crippen molar-refractivity contribution in [3.05, 3.63) is 65.0 Å². The van der Waals surface area contributed by atoms with E-state index < -0.39 is 0 Å². The SMILES string of the molecule is Nc1ccc2c(c1)C(c1ccccc1F)=NCC(=O)C2. The second-order valence-corrected chi connectivity index (χ2v) is 4.78. The molecule has 20 heavy (non-hydrogen) atoms. The Bertz CT molecular complexity index is 722. The van der Waals surface area contributed by atoms with E-state index in [0.717, 1.165) is 11.1 Å². The Morgan fingerprint density at radius 3 is 2.70 bits per heavy atom. The number of ketones is 1. The van der Waals surface area contributed by atoms with Gasteiger partial charge >= 0.3 is 0 Å². The maximum atomic E-state index is 14.0. The minimum absolute atomic E-state index is 0.0161. The van der Waals surface area contributed by atoms with Crippen LogP contribution in [0.4, 0.5) is 10.1 Å². The van der Waals surface area contributed by atoms with Crippen LogP contribution >= 0.6 is 0 Å². The highest BCUT2D eigenvalue weighted by Gasteiger charge is 2.20. The summed E-state index contributed by atoms with van der Waals surface area (Å²) in [5, 5.41) is 0. The van der Waals surface area contributed by atoms with Gasteiger partial charge in [0.2, 0.25) is 0 Å². The molecule has 4 heteroatoms. The number of carbonyl (C=O) groups excluding carboxylic acids is 1. The standard InChI is InChI=1S/C16H13FN2O/c17-15-4-2-1-3-13(15)16-14-8-11(18)6-5-10(14)7-12(20)9-19-16/h1-6,8H,7,9,18H2. The second-order valence-electron chi connectivity index (χ2n) is 4.78. The van der Waals surface area contributed by atoms with E-state index in [0.29, 0.717) is 23.4 Å². The molecule has 0 amide bonds. The van der Waals surface area contributed by atoms with Crippen molar-refractivity contribution in [1.82, 2.24) is 0 Å². The van der Waals surface area contributed by atoms with Gasteiger partial charge in [0, 0.05) is 23.2 Å². The van der Waals surface area contributed by atoms with E-state index in [2.05, 4.69) is 4.99 Å². The van der Waals surface area contributed by atoms with Crippen molar-refractivity contribution in [3.63, 3.8) is 0 Å². The summed E-state index contributed by atoms with van der Waals surface area (Å²) in [5.41, 5.74) is 8.85. The van der Waals surface area contributed by atoms with Gasteiger partial charge in [-0.1, -0.05) is 18.2 Å². The van der Waals surface area contributed by atoms with Gasteiger partial charge in [-0.05, 0) is 29.8 Å². The molecule has 0 radical (unpaired) electrons. The number of hydrogen-bond donors (Lipinski definition) is 1. The molecule has 100 valence electrons. The van der Waals surface area contributed by atoms with Crippen molar-refractivity contribution in [2.45, 2.75) is 6.42 Å². The smallest absolute Gasteiger partial charge is 0.158 e. The van der Waals surface area contributed by atoms with Gasteiger partial charge in [-0.3, -0.25) is 9.79 Å². The molecule has 1 aliphatic heterocycles. The molecule has 3 nitrogen and oxygen atoms in total. The van der Waals surface area contributed by atoms with Crippen LogP contribution in [0.3, 0.4) is 0 Å². The number of aliphatic imine (C=N–C) groups is 1. The van der Waals surface area contributed by atoms with E-state index in [1.54, 1.807) is 30.3 Å². The van der Waals surface area contributed by atoms with Crippen LogP contribution < -0.4 is 5.73 Å². The van der Waals surface area contributed by atoms with Crippen molar-refractivity contribution in [2.75, 3.05) is 12.3 Å². The monoisotopic (exact) mass is 268 g/mol. The van der Waals surface area contributed by atoms with E-state index in [1.165, 1.54) is 6.07 Å². The molecule has 0 fully saturated rings. The first-order valence-electron chi connectivity index (χ1n) is 6.35. The number of rotatable bonds is 1. The summed E-state index contributed by atoms with van der Waals surface area (Å²) in [7, 11) is 0. The first kappa shape index (κ1) is 12.5. The van der Waals surface area contributed by atoms with E-state index in [4.69, 9.17) is 5.73 Å². The van der Waals surface area contributed by atoms with Gasteiger partial charge in [-0.2, -0.15) is 0 Å². The normalized spacial score (nSPS) is 14.4. The number of hydrogen-bond acceptors (Lipinski definition) is 3. The van der Waals surface area contributed by atoms with Crippen molar-refractivity contribution < 1.29 is 9.18 Å². The van der Waals surface area contributed by atoms with Crippen molar-refractivity contribution in [1.29, 1.82) is 0 Å². The van der Waals surface area contributed by atoms with Crippen LogP contribution in [-0.4, -0.2) is 18.0 Å². The molecule has 2 aromatic rings. The molecule has 0 unspecified atom stereocenters. The van der Waals surface area contributed by atoms with E-state index >= 15 is 0 Å². The quantitative estimate of drug-likeness (QED) is 0.807. The number of nitrogens with two attached hydrogens (primary N) is 1. The number of halogens is 1. The predicted molar refractivity (Wildman–Crippen MR) is 76.5 cm³/mol. The predicted octanol–water partition coefficient (Wildman–Crippen LogP) is 2.37. The third-order valence-corrected chi connectivity index (χ3v) is 3.32. The first-order chi connectivity index (χ1) is 9.65. The third kappa shape index (κ3) is 2.20. The Hall–Kier alpha value is -2.49. The molecule has 0 saturated carbocycles. The Labute approximate surface area is 116 Å². The fraction of sp³-hybridized carbons (Fsp3) is 0.125. The minimum Gasteiger partial charge on any atom is -0.399 e. The Balaban J connectivity index is 2.23. The summed E-state index contributed by atoms with van der Waals surface area (Å²) in [6.07, 6.45) is 0.303. The molecule has 0 aliphatic carbocycles.